The molecular formula is C13H22FNO6P+. The summed E-state index contributed by atoms with van der Waals surface area (Å²) < 4.78 is 38.0. The van der Waals surface area contributed by atoms with Gasteiger partial charge in [-0.2, -0.15) is 0 Å². The molecule has 126 valence electrons. The number of rotatable bonds is 8. The first-order valence-electron chi connectivity index (χ1n) is 7.27. The summed E-state index contributed by atoms with van der Waals surface area (Å²) >= 11 is 0. The third-order valence-corrected chi connectivity index (χ3v) is 3.79. The summed E-state index contributed by atoms with van der Waals surface area (Å²) in [6, 6.07) is 0. The maximum Gasteiger partial charge on any atom is 0.504 e. The Hall–Kier alpha value is -1.27. The Kier molecular flexibility index (Phi) is 8.92. The van der Waals surface area contributed by atoms with Crippen molar-refractivity contribution >= 4 is 20.1 Å². The van der Waals surface area contributed by atoms with Gasteiger partial charge in [0.2, 0.25) is 6.79 Å². The van der Waals surface area contributed by atoms with E-state index in [1.165, 1.54) is 6.66 Å². The van der Waals surface area contributed by atoms with E-state index in [9.17, 15) is 18.5 Å². The molecule has 2 unspecified atom stereocenters. The Morgan fingerprint density at radius 2 is 1.95 bits per heavy atom. The standard InChI is InChI=1S/C13H21FNO6P/c1-22(18)21-8-7-11(14)15-13(17)20-9-19-12(16)10-5-3-2-4-6-10/h10-11H,2-9H2,1H3/p+1. The molecule has 2 atom stereocenters. The van der Waals surface area contributed by atoms with Crippen molar-refractivity contribution in [3.8, 4) is 0 Å². The number of esters is 1. The molecule has 0 radical (unpaired) electrons. The zero-order chi connectivity index (χ0) is 16.4. The SMILES string of the molecule is C[P+](=O)OCCC(F)NC(=O)OCOC(=O)C1CCCCC1. The lowest BCUT2D eigenvalue weighted by Crippen LogP contribution is -2.34. The van der Waals surface area contributed by atoms with Crippen LogP contribution in [0, 0.1) is 5.92 Å². The van der Waals surface area contributed by atoms with Gasteiger partial charge in [0.25, 0.3) is 0 Å². The molecule has 0 saturated heterocycles. The zero-order valence-corrected chi connectivity index (χ0v) is 13.5. The highest BCUT2D eigenvalue weighted by atomic mass is 31.1. The minimum absolute atomic E-state index is 0.0795. The van der Waals surface area contributed by atoms with Gasteiger partial charge in [0.05, 0.1) is 5.92 Å². The van der Waals surface area contributed by atoms with Crippen molar-refractivity contribution in [3.63, 3.8) is 0 Å². The summed E-state index contributed by atoms with van der Waals surface area (Å²) in [6.07, 6.45) is 1.84. The number of carbonyl (C=O) groups excluding carboxylic acids is 2. The Labute approximate surface area is 129 Å². The Balaban J connectivity index is 2.09. The molecule has 0 heterocycles. The van der Waals surface area contributed by atoms with Gasteiger partial charge in [0.15, 0.2) is 13.0 Å². The number of alkyl carbamates (subject to hydrolysis) is 1. The molecule has 0 bridgehead atoms. The molecule has 9 heteroatoms. The Morgan fingerprint density at radius 1 is 1.27 bits per heavy atom. The first-order chi connectivity index (χ1) is 10.5. The average Bonchev–Trinajstić information content (AvgIpc) is 2.47. The average molecular weight is 338 g/mol. The number of amides is 1. The van der Waals surface area contributed by atoms with Crippen LogP contribution in [0.25, 0.3) is 0 Å². The number of hydrogen-bond donors (Lipinski definition) is 1. The van der Waals surface area contributed by atoms with Gasteiger partial charge < -0.3 is 9.47 Å². The number of halogens is 1. The molecule has 1 aliphatic carbocycles. The van der Waals surface area contributed by atoms with Crippen LogP contribution in [0.15, 0.2) is 0 Å². The quantitative estimate of drug-likeness (QED) is 0.317. The van der Waals surface area contributed by atoms with E-state index in [0.717, 1.165) is 32.1 Å². The molecule has 1 fully saturated rings. The van der Waals surface area contributed by atoms with Gasteiger partial charge >= 0.3 is 20.1 Å². The van der Waals surface area contributed by atoms with E-state index in [0.29, 0.717) is 0 Å². The normalized spacial score (nSPS) is 17.5. The summed E-state index contributed by atoms with van der Waals surface area (Å²) in [5.41, 5.74) is 0. The summed E-state index contributed by atoms with van der Waals surface area (Å²) in [5.74, 6) is -0.521. The van der Waals surface area contributed by atoms with Crippen LogP contribution in [0.2, 0.25) is 0 Å². The number of ether oxygens (including phenoxy) is 2. The zero-order valence-electron chi connectivity index (χ0n) is 12.6. The molecule has 1 aliphatic rings. The van der Waals surface area contributed by atoms with Crippen molar-refractivity contribution in [1.29, 1.82) is 0 Å². The Morgan fingerprint density at radius 3 is 2.59 bits per heavy atom. The summed E-state index contributed by atoms with van der Waals surface area (Å²) in [4.78, 5) is 22.9. The molecule has 1 N–H and O–H groups in total. The van der Waals surface area contributed by atoms with Gasteiger partial charge in [-0.05, 0) is 17.4 Å². The maximum atomic E-state index is 13.3. The smallest absolute Gasteiger partial charge is 0.428 e. The highest BCUT2D eigenvalue weighted by Crippen LogP contribution is 2.24. The van der Waals surface area contributed by atoms with Crippen LogP contribution < -0.4 is 5.32 Å². The lowest BCUT2D eigenvalue weighted by atomic mass is 9.89. The van der Waals surface area contributed by atoms with Crippen LogP contribution in [-0.4, -0.2) is 38.4 Å². The van der Waals surface area contributed by atoms with Crippen LogP contribution in [0.1, 0.15) is 38.5 Å². The van der Waals surface area contributed by atoms with E-state index in [1.54, 1.807) is 0 Å². The van der Waals surface area contributed by atoms with E-state index in [1.807, 2.05) is 5.32 Å². The third-order valence-electron chi connectivity index (χ3n) is 3.25. The lowest BCUT2D eigenvalue weighted by molar-refractivity contribution is -0.158. The topological polar surface area (TPSA) is 90.9 Å². The van der Waals surface area contributed by atoms with Crippen LogP contribution in [0.5, 0.6) is 0 Å². The monoisotopic (exact) mass is 338 g/mol. The van der Waals surface area contributed by atoms with Crippen LogP contribution >= 0.6 is 8.03 Å². The van der Waals surface area contributed by atoms with Crippen LogP contribution in [0.4, 0.5) is 9.18 Å². The number of nitrogens with one attached hydrogen (secondary N) is 1. The highest BCUT2D eigenvalue weighted by molar-refractivity contribution is 7.38. The van der Waals surface area contributed by atoms with Crippen molar-refractivity contribution in [2.45, 2.75) is 44.8 Å². The summed E-state index contributed by atoms with van der Waals surface area (Å²) in [7, 11) is -1.79. The van der Waals surface area contributed by atoms with Crippen molar-refractivity contribution in [2.24, 2.45) is 5.92 Å². The molecule has 22 heavy (non-hydrogen) atoms. The minimum atomic E-state index is -1.79. The van der Waals surface area contributed by atoms with E-state index in [2.05, 4.69) is 9.26 Å². The third kappa shape index (κ3) is 8.24. The maximum absolute atomic E-state index is 13.3. The number of carbonyl (C=O) groups is 2. The number of alkyl halides is 1. The molecule has 0 aromatic rings. The van der Waals surface area contributed by atoms with Gasteiger partial charge in [-0.3, -0.25) is 10.1 Å². The first-order valence-corrected chi connectivity index (χ1v) is 8.89. The highest BCUT2D eigenvalue weighted by Gasteiger charge is 2.23. The van der Waals surface area contributed by atoms with Crippen molar-refractivity contribution < 1.29 is 32.5 Å². The van der Waals surface area contributed by atoms with Crippen molar-refractivity contribution in [1.82, 2.24) is 5.32 Å². The number of hydrogen-bond acceptors (Lipinski definition) is 6. The van der Waals surface area contributed by atoms with Gasteiger partial charge in [-0.1, -0.05) is 19.3 Å². The second-order valence-electron chi connectivity index (χ2n) is 5.02. The molecule has 1 rings (SSSR count). The molecule has 1 saturated carbocycles. The second-order valence-corrected chi connectivity index (χ2v) is 6.16. The summed E-state index contributed by atoms with van der Waals surface area (Å²) in [5, 5.41) is 1.91. The Bertz CT molecular complexity index is 389. The van der Waals surface area contributed by atoms with Gasteiger partial charge in [0.1, 0.15) is 6.61 Å². The van der Waals surface area contributed by atoms with E-state index >= 15 is 0 Å². The predicted molar refractivity (Wildman–Crippen MR) is 76.1 cm³/mol. The van der Waals surface area contributed by atoms with E-state index in [-0.39, 0.29) is 24.9 Å². The molecule has 0 aliphatic heterocycles. The van der Waals surface area contributed by atoms with Crippen molar-refractivity contribution in [2.75, 3.05) is 20.1 Å². The first kappa shape index (κ1) is 18.8. The molecule has 7 nitrogen and oxygen atoms in total. The molecule has 0 aromatic heterocycles. The lowest BCUT2D eigenvalue weighted by Gasteiger charge is -2.19. The van der Waals surface area contributed by atoms with Gasteiger partial charge in [-0.15, -0.1) is 4.52 Å². The van der Waals surface area contributed by atoms with Crippen LogP contribution in [0.3, 0.4) is 0 Å². The second kappa shape index (κ2) is 10.5. The molecule has 0 spiro atoms. The van der Waals surface area contributed by atoms with Crippen LogP contribution in [-0.2, 0) is 23.4 Å². The fourth-order valence-corrected chi connectivity index (χ4v) is 2.49. The van der Waals surface area contributed by atoms with Gasteiger partial charge in [-0.25, -0.2) is 9.18 Å². The largest absolute Gasteiger partial charge is 0.504 e. The fourth-order valence-electron chi connectivity index (χ4n) is 2.12. The predicted octanol–water partition coefficient (Wildman–Crippen LogP) is 2.87. The van der Waals surface area contributed by atoms with E-state index in [4.69, 9.17) is 4.74 Å². The van der Waals surface area contributed by atoms with Crippen molar-refractivity contribution in [3.05, 3.63) is 0 Å². The molecular weight excluding hydrogens is 316 g/mol. The van der Waals surface area contributed by atoms with Gasteiger partial charge in [0, 0.05) is 6.42 Å². The minimum Gasteiger partial charge on any atom is -0.428 e. The fraction of sp³-hybridized carbons (Fsp3) is 0.846. The van der Waals surface area contributed by atoms with E-state index < -0.39 is 27.2 Å². The molecule has 1 amide bonds. The molecule has 0 aromatic carbocycles. The summed E-state index contributed by atoms with van der Waals surface area (Å²) in [6.45, 7) is 0.736.